The average molecular weight is 290 g/mol. The van der Waals surface area contributed by atoms with Gasteiger partial charge in [-0.25, -0.2) is 4.98 Å². The third-order valence-corrected chi connectivity index (χ3v) is 3.97. The van der Waals surface area contributed by atoms with Gasteiger partial charge in [0, 0.05) is 36.5 Å². The highest BCUT2D eigenvalue weighted by Gasteiger charge is 2.20. The number of nitrogens with zero attached hydrogens (tertiary/aromatic N) is 2. The lowest BCUT2D eigenvalue weighted by molar-refractivity contribution is 0.199. The third kappa shape index (κ3) is 4.19. The van der Waals surface area contributed by atoms with E-state index >= 15 is 0 Å². The molecule has 0 aliphatic carbocycles. The van der Waals surface area contributed by atoms with Gasteiger partial charge in [0.25, 0.3) is 0 Å². The van der Waals surface area contributed by atoms with Crippen molar-refractivity contribution in [1.29, 1.82) is 0 Å². The number of piperazine rings is 1. The van der Waals surface area contributed by atoms with Crippen LogP contribution >= 0.6 is 23.7 Å². The van der Waals surface area contributed by atoms with Gasteiger partial charge in [0.05, 0.1) is 12.2 Å². The summed E-state index contributed by atoms with van der Waals surface area (Å²) in [6.45, 7) is 13.3. The minimum absolute atomic E-state index is 0. The van der Waals surface area contributed by atoms with Gasteiger partial charge in [0.15, 0.2) is 0 Å². The maximum Gasteiger partial charge on any atom is 0.107 e. The Labute approximate surface area is 120 Å². The number of thiazole rings is 1. The summed E-state index contributed by atoms with van der Waals surface area (Å²) < 4.78 is 0. The Morgan fingerprint density at radius 2 is 2.22 bits per heavy atom. The zero-order valence-corrected chi connectivity index (χ0v) is 13.3. The van der Waals surface area contributed by atoms with Crippen LogP contribution in [-0.4, -0.2) is 35.6 Å². The number of hydrogen-bond donors (Lipinski definition) is 1. The molecule has 1 aliphatic rings. The van der Waals surface area contributed by atoms with Gasteiger partial charge in [0.1, 0.15) is 5.01 Å². The molecule has 5 heteroatoms. The Balaban J connectivity index is 0.00000162. The molecule has 0 aromatic carbocycles. The molecular weight excluding hydrogens is 266 g/mol. The molecule has 1 aliphatic heterocycles. The summed E-state index contributed by atoms with van der Waals surface area (Å²) >= 11 is 1.80. The van der Waals surface area contributed by atoms with Crippen LogP contribution in [-0.2, 0) is 12.0 Å². The molecule has 0 unspecified atom stereocenters. The van der Waals surface area contributed by atoms with E-state index in [1.807, 2.05) is 0 Å². The quantitative estimate of drug-likeness (QED) is 0.907. The Morgan fingerprint density at radius 3 is 2.78 bits per heavy atom. The minimum Gasteiger partial charge on any atom is -0.312 e. The van der Waals surface area contributed by atoms with Gasteiger partial charge in [-0.3, -0.25) is 4.90 Å². The molecular formula is C13H24ClN3S. The normalized spacial score (nSPS) is 21.7. The van der Waals surface area contributed by atoms with Crippen molar-refractivity contribution in [1.82, 2.24) is 15.2 Å². The minimum atomic E-state index is 0. The molecule has 0 amide bonds. The largest absolute Gasteiger partial charge is 0.312 e. The summed E-state index contributed by atoms with van der Waals surface area (Å²) in [7, 11) is 0. The van der Waals surface area contributed by atoms with E-state index in [0.29, 0.717) is 6.04 Å². The van der Waals surface area contributed by atoms with E-state index in [4.69, 9.17) is 4.98 Å². The smallest absolute Gasteiger partial charge is 0.107 e. The molecule has 1 atom stereocenters. The van der Waals surface area contributed by atoms with Crippen molar-refractivity contribution in [3.05, 3.63) is 16.1 Å². The van der Waals surface area contributed by atoms with Crippen molar-refractivity contribution in [2.45, 2.75) is 45.7 Å². The topological polar surface area (TPSA) is 28.2 Å². The van der Waals surface area contributed by atoms with Gasteiger partial charge in [-0.1, -0.05) is 20.8 Å². The van der Waals surface area contributed by atoms with Gasteiger partial charge in [0.2, 0.25) is 0 Å². The lowest BCUT2D eigenvalue weighted by atomic mass is 9.93. The fourth-order valence-electron chi connectivity index (χ4n) is 2.08. The molecule has 1 saturated heterocycles. The second-order valence-corrected chi connectivity index (χ2v) is 6.91. The molecule has 0 radical (unpaired) electrons. The van der Waals surface area contributed by atoms with Crippen molar-refractivity contribution >= 4 is 23.7 Å². The fraction of sp³-hybridized carbons (Fsp3) is 0.769. The van der Waals surface area contributed by atoms with E-state index in [0.717, 1.165) is 26.2 Å². The van der Waals surface area contributed by atoms with Gasteiger partial charge in [-0.15, -0.1) is 23.7 Å². The first kappa shape index (κ1) is 15.9. The molecule has 18 heavy (non-hydrogen) atoms. The standard InChI is InChI=1S/C13H23N3S.ClH/c1-10-7-16(6-5-14-10)8-12-15-11(9-17-12)13(2,3)4;/h9-10,14H,5-8H2,1-4H3;1H/t10-;/m0./s1. The first-order valence-electron chi connectivity index (χ1n) is 6.36. The molecule has 1 aromatic rings. The highest BCUT2D eigenvalue weighted by atomic mass is 35.5. The Kier molecular flexibility index (Phi) is 5.59. The molecule has 0 saturated carbocycles. The summed E-state index contributed by atoms with van der Waals surface area (Å²) in [5, 5.41) is 6.93. The lowest BCUT2D eigenvalue weighted by Gasteiger charge is -2.31. The van der Waals surface area contributed by atoms with Crippen LogP contribution in [0.1, 0.15) is 38.4 Å². The lowest BCUT2D eigenvalue weighted by Crippen LogP contribution is -2.48. The summed E-state index contributed by atoms with van der Waals surface area (Å²) in [4.78, 5) is 7.25. The highest BCUT2D eigenvalue weighted by molar-refractivity contribution is 7.09. The Morgan fingerprint density at radius 1 is 1.50 bits per heavy atom. The molecule has 1 fully saturated rings. The molecule has 1 N–H and O–H groups in total. The van der Waals surface area contributed by atoms with Gasteiger partial charge < -0.3 is 5.32 Å². The van der Waals surface area contributed by atoms with E-state index in [-0.39, 0.29) is 17.8 Å². The highest BCUT2D eigenvalue weighted by Crippen LogP contribution is 2.24. The van der Waals surface area contributed by atoms with Gasteiger partial charge >= 0.3 is 0 Å². The Hall–Kier alpha value is -0.160. The summed E-state index contributed by atoms with van der Waals surface area (Å²) in [5.41, 5.74) is 1.39. The van der Waals surface area contributed by atoms with Crippen LogP contribution in [0, 0.1) is 0 Å². The van der Waals surface area contributed by atoms with Crippen molar-refractivity contribution in [2.24, 2.45) is 0 Å². The van der Waals surface area contributed by atoms with Crippen molar-refractivity contribution in [2.75, 3.05) is 19.6 Å². The monoisotopic (exact) mass is 289 g/mol. The van der Waals surface area contributed by atoms with Crippen LogP contribution in [0.2, 0.25) is 0 Å². The van der Waals surface area contributed by atoms with Crippen LogP contribution in [0.5, 0.6) is 0 Å². The molecule has 1 aromatic heterocycles. The van der Waals surface area contributed by atoms with Crippen molar-refractivity contribution in [3.8, 4) is 0 Å². The van der Waals surface area contributed by atoms with Gasteiger partial charge in [-0.2, -0.15) is 0 Å². The second kappa shape index (κ2) is 6.33. The molecule has 2 heterocycles. The fourth-order valence-corrected chi connectivity index (χ4v) is 3.14. The third-order valence-electron chi connectivity index (χ3n) is 3.13. The number of aromatic nitrogens is 1. The predicted molar refractivity (Wildman–Crippen MR) is 80.8 cm³/mol. The number of rotatable bonds is 2. The average Bonchev–Trinajstić information content (AvgIpc) is 2.65. The number of halogens is 1. The molecule has 104 valence electrons. The molecule has 2 rings (SSSR count). The maximum atomic E-state index is 4.76. The van der Waals surface area contributed by atoms with Crippen LogP contribution in [0.15, 0.2) is 5.38 Å². The van der Waals surface area contributed by atoms with E-state index in [1.165, 1.54) is 10.7 Å². The van der Waals surface area contributed by atoms with Crippen molar-refractivity contribution < 1.29 is 0 Å². The first-order chi connectivity index (χ1) is 7.95. The van der Waals surface area contributed by atoms with Crippen LogP contribution in [0.3, 0.4) is 0 Å². The van der Waals surface area contributed by atoms with E-state index < -0.39 is 0 Å². The van der Waals surface area contributed by atoms with Crippen LogP contribution in [0.25, 0.3) is 0 Å². The SMILES string of the molecule is C[C@H]1CN(Cc2nc(C(C)(C)C)cs2)CCN1.Cl. The molecule has 3 nitrogen and oxygen atoms in total. The van der Waals surface area contributed by atoms with Crippen LogP contribution < -0.4 is 5.32 Å². The zero-order chi connectivity index (χ0) is 12.5. The molecule has 0 spiro atoms. The Bertz CT molecular complexity index is 373. The predicted octanol–water partition coefficient (Wildman–Crippen LogP) is 2.66. The first-order valence-corrected chi connectivity index (χ1v) is 7.24. The summed E-state index contributed by atoms with van der Waals surface area (Å²) in [6, 6.07) is 0.603. The number of hydrogen-bond acceptors (Lipinski definition) is 4. The maximum absolute atomic E-state index is 4.76. The van der Waals surface area contributed by atoms with Gasteiger partial charge in [-0.05, 0) is 6.92 Å². The van der Waals surface area contributed by atoms with E-state index in [9.17, 15) is 0 Å². The molecule has 0 bridgehead atoms. The van der Waals surface area contributed by atoms with Crippen molar-refractivity contribution in [3.63, 3.8) is 0 Å². The van der Waals surface area contributed by atoms with E-state index in [1.54, 1.807) is 11.3 Å². The summed E-state index contributed by atoms with van der Waals surface area (Å²) in [6.07, 6.45) is 0. The second-order valence-electron chi connectivity index (χ2n) is 5.97. The van der Waals surface area contributed by atoms with E-state index in [2.05, 4.69) is 43.3 Å². The number of nitrogens with one attached hydrogen (secondary N) is 1. The zero-order valence-electron chi connectivity index (χ0n) is 11.7. The summed E-state index contributed by atoms with van der Waals surface area (Å²) in [5.74, 6) is 0. The van der Waals surface area contributed by atoms with Crippen LogP contribution in [0.4, 0.5) is 0 Å².